The van der Waals surface area contributed by atoms with E-state index < -0.39 is 0 Å². The highest BCUT2D eigenvalue weighted by atomic mass is 32.1. The van der Waals surface area contributed by atoms with Crippen LogP contribution in [0.4, 0.5) is 0 Å². The molecule has 266 valence electrons. The van der Waals surface area contributed by atoms with Gasteiger partial charge in [0.1, 0.15) is 0 Å². The van der Waals surface area contributed by atoms with Gasteiger partial charge >= 0.3 is 0 Å². The molecule has 4 aliphatic rings. The van der Waals surface area contributed by atoms with E-state index in [0.29, 0.717) is 22.3 Å². The number of Topliss-reactive ketones (excluding diaryl/α,β-unsaturated/α-hetero) is 4. The van der Waals surface area contributed by atoms with Crippen molar-refractivity contribution in [3.63, 3.8) is 0 Å². The summed E-state index contributed by atoms with van der Waals surface area (Å²) in [7, 11) is 0. The third-order valence-corrected chi connectivity index (χ3v) is 14.8. The van der Waals surface area contributed by atoms with Gasteiger partial charge in [0, 0.05) is 46.8 Å². The molecule has 8 aromatic rings. The SMILES string of the molecule is O=C1C(=Cc2cc3cc4c(cc3s2)-c2cc3sc(C=C5C(=O)c6cc7ccccc7cc6C5=O)cc3cc2C42CCCCC2)C(=O)c2cc3ccccc3cc21. The van der Waals surface area contributed by atoms with Crippen LogP contribution in [0.3, 0.4) is 0 Å². The number of hydrogen-bond acceptors (Lipinski definition) is 6. The van der Waals surface area contributed by atoms with E-state index in [1.54, 1.807) is 34.8 Å². The number of carbonyl (C=O) groups is 4. The Morgan fingerprint density at radius 3 is 1.16 bits per heavy atom. The summed E-state index contributed by atoms with van der Waals surface area (Å²) in [4.78, 5) is 56.1. The maximum Gasteiger partial charge on any atom is 0.197 e. The van der Waals surface area contributed by atoms with Crippen LogP contribution in [0.2, 0.25) is 0 Å². The van der Waals surface area contributed by atoms with Crippen molar-refractivity contribution < 1.29 is 19.2 Å². The number of thiophene rings is 2. The molecular formula is C50H30O4S2. The second-order valence-electron chi connectivity index (χ2n) is 15.7. The van der Waals surface area contributed by atoms with E-state index in [4.69, 9.17) is 0 Å². The molecule has 0 N–H and O–H groups in total. The molecule has 0 aliphatic heterocycles. The Hall–Kier alpha value is -6.08. The van der Waals surface area contributed by atoms with E-state index in [1.165, 1.54) is 28.7 Å². The molecule has 12 rings (SSSR count). The molecule has 56 heavy (non-hydrogen) atoms. The highest BCUT2D eigenvalue weighted by Gasteiger charge is 2.44. The van der Waals surface area contributed by atoms with Gasteiger partial charge in [0.2, 0.25) is 0 Å². The molecule has 6 heteroatoms. The summed E-state index contributed by atoms with van der Waals surface area (Å²) in [5.41, 5.74) is 7.54. The van der Waals surface area contributed by atoms with Crippen LogP contribution >= 0.6 is 22.7 Å². The summed E-state index contributed by atoms with van der Waals surface area (Å²) in [6, 6.07) is 36.7. The highest BCUT2D eigenvalue weighted by molar-refractivity contribution is 7.20. The first-order chi connectivity index (χ1) is 27.3. The van der Waals surface area contributed by atoms with Gasteiger partial charge in [-0.05, 0) is 140 Å². The molecule has 2 aromatic heterocycles. The van der Waals surface area contributed by atoms with Crippen molar-refractivity contribution in [3.05, 3.63) is 163 Å². The molecule has 0 bridgehead atoms. The largest absolute Gasteiger partial charge is 0.288 e. The van der Waals surface area contributed by atoms with Crippen LogP contribution in [0.1, 0.15) is 94.4 Å². The van der Waals surface area contributed by atoms with E-state index in [-0.39, 0.29) is 39.7 Å². The topological polar surface area (TPSA) is 68.3 Å². The molecule has 1 saturated carbocycles. The van der Waals surface area contributed by atoms with Gasteiger partial charge in [-0.3, -0.25) is 19.2 Å². The van der Waals surface area contributed by atoms with Crippen LogP contribution in [-0.2, 0) is 5.41 Å². The van der Waals surface area contributed by atoms with Gasteiger partial charge in [-0.25, -0.2) is 0 Å². The van der Waals surface area contributed by atoms with Gasteiger partial charge in [0.05, 0.1) is 11.1 Å². The van der Waals surface area contributed by atoms with Crippen LogP contribution in [0.5, 0.6) is 0 Å². The first-order valence-corrected chi connectivity index (χ1v) is 20.8. The molecule has 1 fully saturated rings. The van der Waals surface area contributed by atoms with Crippen LogP contribution in [0.25, 0.3) is 65.0 Å². The molecular weight excluding hydrogens is 729 g/mol. The molecule has 2 heterocycles. The highest BCUT2D eigenvalue weighted by Crippen LogP contribution is 2.58. The van der Waals surface area contributed by atoms with Crippen molar-refractivity contribution in [2.24, 2.45) is 0 Å². The Morgan fingerprint density at radius 1 is 0.411 bits per heavy atom. The quantitative estimate of drug-likeness (QED) is 0.130. The maximum absolute atomic E-state index is 13.6. The molecule has 0 radical (unpaired) electrons. The zero-order valence-corrected chi connectivity index (χ0v) is 31.7. The van der Waals surface area contributed by atoms with Crippen molar-refractivity contribution in [2.45, 2.75) is 37.5 Å². The summed E-state index contributed by atoms with van der Waals surface area (Å²) in [6.07, 6.45) is 9.30. The lowest BCUT2D eigenvalue weighted by Crippen LogP contribution is -2.28. The van der Waals surface area contributed by atoms with Gasteiger partial charge < -0.3 is 0 Å². The summed E-state index contributed by atoms with van der Waals surface area (Å²) < 4.78 is 2.25. The molecule has 1 spiro atoms. The van der Waals surface area contributed by atoms with Crippen molar-refractivity contribution in [3.8, 4) is 11.1 Å². The molecule has 4 nitrogen and oxygen atoms in total. The van der Waals surface area contributed by atoms with Gasteiger partial charge in [0.15, 0.2) is 23.1 Å². The number of allylic oxidation sites excluding steroid dienone is 2. The van der Waals surface area contributed by atoms with Gasteiger partial charge in [-0.15, -0.1) is 22.7 Å². The molecule has 0 unspecified atom stereocenters. The lowest BCUT2D eigenvalue weighted by molar-refractivity contribution is 0.0975. The van der Waals surface area contributed by atoms with Crippen LogP contribution < -0.4 is 0 Å². The minimum absolute atomic E-state index is 0.0888. The number of hydrogen-bond donors (Lipinski definition) is 0. The molecule has 0 atom stereocenters. The smallest absolute Gasteiger partial charge is 0.197 e. The standard InChI is InChI=1S/C50H30O4S2/c51-46-36-16-26-8-2-3-9-27(26)17-37(36)47(52)40(46)22-32-14-30-20-42-34(24-44(30)55-32)35-25-45-31(21-43(35)50(42)12-6-1-7-13-50)15-33(56-45)23-41-48(53)38-18-28-10-4-5-11-29(28)19-39(38)49(41)54/h2-5,8-11,14-25H,1,6-7,12-13H2. The monoisotopic (exact) mass is 758 g/mol. The summed E-state index contributed by atoms with van der Waals surface area (Å²) in [6.45, 7) is 0. The fourth-order valence-electron chi connectivity index (χ4n) is 10.00. The third kappa shape index (κ3) is 4.45. The first-order valence-electron chi connectivity index (χ1n) is 19.2. The van der Waals surface area contributed by atoms with Gasteiger partial charge in [-0.2, -0.15) is 0 Å². The predicted octanol–water partition coefficient (Wildman–Crippen LogP) is 12.6. The molecule has 4 aliphatic carbocycles. The van der Waals surface area contributed by atoms with Crippen molar-refractivity contribution in [1.29, 1.82) is 0 Å². The zero-order chi connectivity index (χ0) is 37.4. The Kier molecular flexibility index (Phi) is 6.60. The summed E-state index contributed by atoms with van der Waals surface area (Å²) in [5.74, 6) is -0.831. The van der Waals surface area contributed by atoms with E-state index in [0.717, 1.165) is 77.2 Å². The molecule has 0 saturated heterocycles. The average Bonchev–Trinajstić information content (AvgIpc) is 3.98. The van der Waals surface area contributed by atoms with E-state index in [1.807, 2.05) is 72.8 Å². The van der Waals surface area contributed by atoms with Gasteiger partial charge in [-0.1, -0.05) is 67.8 Å². The first kappa shape index (κ1) is 32.2. The predicted molar refractivity (Wildman–Crippen MR) is 228 cm³/mol. The van der Waals surface area contributed by atoms with Crippen LogP contribution in [-0.4, -0.2) is 23.1 Å². The van der Waals surface area contributed by atoms with E-state index in [2.05, 4.69) is 36.4 Å². The average molecular weight is 759 g/mol. The fourth-order valence-corrected chi connectivity index (χ4v) is 12.1. The van der Waals surface area contributed by atoms with Crippen molar-refractivity contribution in [2.75, 3.05) is 0 Å². The lowest BCUT2D eigenvalue weighted by atomic mass is 9.67. The fraction of sp³-hybridized carbons (Fsp3) is 0.120. The minimum Gasteiger partial charge on any atom is -0.288 e. The molecule has 0 amide bonds. The second kappa shape index (κ2) is 11.5. The number of rotatable bonds is 2. The number of carbonyl (C=O) groups excluding carboxylic acids is 4. The molecule has 6 aromatic carbocycles. The van der Waals surface area contributed by atoms with Crippen molar-refractivity contribution in [1.82, 2.24) is 0 Å². The Labute approximate surface area is 329 Å². The summed E-state index contributed by atoms with van der Waals surface area (Å²) >= 11 is 3.23. The summed E-state index contributed by atoms with van der Waals surface area (Å²) in [5, 5.41) is 6.08. The second-order valence-corrected chi connectivity index (χ2v) is 18.0. The normalized spacial score (nSPS) is 16.8. The van der Waals surface area contributed by atoms with Crippen LogP contribution in [0.15, 0.2) is 120 Å². The van der Waals surface area contributed by atoms with Crippen LogP contribution in [0, 0.1) is 0 Å². The Bertz CT molecular complexity index is 2930. The third-order valence-electron chi connectivity index (χ3n) is 12.7. The van der Waals surface area contributed by atoms with Gasteiger partial charge in [0.25, 0.3) is 0 Å². The minimum atomic E-state index is -0.208. The van der Waals surface area contributed by atoms with E-state index >= 15 is 0 Å². The van der Waals surface area contributed by atoms with E-state index in [9.17, 15) is 19.2 Å². The number of benzene rings is 6. The maximum atomic E-state index is 13.6. The zero-order valence-electron chi connectivity index (χ0n) is 30.0. The lowest BCUT2D eigenvalue weighted by Gasteiger charge is -2.36. The number of ketones is 4. The van der Waals surface area contributed by atoms with Crippen molar-refractivity contribution >= 4 is 99.7 Å². The Balaban J connectivity index is 0.939. The number of fused-ring (bicyclic) bond motifs is 11. The Morgan fingerprint density at radius 2 is 0.786 bits per heavy atom.